The number of carbonyl (C=O) groups excluding carboxylic acids is 1. The van der Waals surface area contributed by atoms with Crippen molar-refractivity contribution in [3.05, 3.63) is 70.8 Å². The monoisotopic (exact) mass is 407 g/mol. The van der Waals surface area contributed by atoms with Crippen molar-refractivity contribution in [1.29, 1.82) is 0 Å². The maximum atomic E-state index is 12.5. The molecule has 1 aliphatic heterocycles. The molecule has 0 bridgehead atoms. The summed E-state index contributed by atoms with van der Waals surface area (Å²) in [5.41, 5.74) is 3.60. The second-order valence-corrected chi connectivity index (χ2v) is 7.94. The number of thioether (sulfide) groups is 1. The number of hydrogen-bond acceptors (Lipinski definition) is 4. The standard InChI is InChI=1S/C22H21N3O3S/c1-2-14-7-9-16(10-8-14)23-22-24-21(28)19(29-22)11-15-12-25(13-20(26)27)18-6-4-3-5-17(15)18/h3-12,22-23H,2,13H2,1H3,(H,24,28)(H,26,27)/b19-11-/t22-/m1/s1. The molecular formula is C22H21N3O3S. The van der Waals surface area contributed by atoms with Gasteiger partial charge in [0.15, 0.2) is 5.50 Å². The summed E-state index contributed by atoms with van der Waals surface area (Å²) >= 11 is 1.41. The predicted octanol–water partition coefficient (Wildman–Crippen LogP) is 3.89. The molecule has 0 spiro atoms. The van der Waals surface area contributed by atoms with E-state index >= 15 is 0 Å². The average molecular weight is 407 g/mol. The number of carboxylic acids is 1. The van der Waals surface area contributed by atoms with E-state index in [2.05, 4.69) is 29.7 Å². The number of benzene rings is 2. The van der Waals surface area contributed by atoms with Gasteiger partial charge in [-0.3, -0.25) is 9.59 Å². The van der Waals surface area contributed by atoms with Gasteiger partial charge in [0.2, 0.25) is 0 Å². The first kappa shape index (κ1) is 19.1. The molecule has 2 aromatic carbocycles. The summed E-state index contributed by atoms with van der Waals surface area (Å²) in [6.07, 6.45) is 4.59. The lowest BCUT2D eigenvalue weighted by molar-refractivity contribution is -0.137. The Morgan fingerprint density at radius 2 is 2.00 bits per heavy atom. The summed E-state index contributed by atoms with van der Waals surface area (Å²) in [4.78, 5) is 24.2. The Hall–Kier alpha value is -3.19. The first-order valence-corrected chi connectivity index (χ1v) is 10.3. The Morgan fingerprint density at radius 3 is 2.72 bits per heavy atom. The molecule has 0 aliphatic carbocycles. The molecule has 7 heteroatoms. The number of amides is 1. The number of hydrogen-bond donors (Lipinski definition) is 3. The van der Waals surface area contributed by atoms with E-state index in [1.807, 2.05) is 42.5 Å². The van der Waals surface area contributed by atoms with Crippen LogP contribution in [0.2, 0.25) is 0 Å². The fraction of sp³-hybridized carbons (Fsp3) is 0.182. The molecule has 0 saturated carbocycles. The third kappa shape index (κ3) is 4.14. The lowest BCUT2D eigenvalue weighted by atomic mass is 10.1. The van der Waals surface area contributed by atoms with Gasteiger partial charge in [0.05, 0.1) is 4.91 Å². The average Bonchev–Trinajstić information content (AvgIpc) is 3.22. The van der Waals surface area contributed by atoms with Crippen LogP contribution in [0.5, 0.6) is 0 Å². The maximum Gasteiger partial charge on any atom is 0.323 e. The van der Waals surface area contributed by atoms with Crippen LogP contribution in [0.15, 0.2) is 59.6 Å². The lowest BCUT2D eigenvalue weighted by Crippen LogP contribution is -2.30. The van der Waals surface area contributed by atoms with Gasteiger partial charge in [0.25, 0.3) is 5.91 Å². The Balaban J connectivity index is 1.57. The minimum absolute atomic E-state index is 0.124. The summed E-state index contributed by atoms with van der Waals surface area (Å²) < 4.78 is 1.69. The van der Waals surface area contributed by atoms with Crippen molar-refractivity contribution in [1.82, 2.24) is 9.88 Å². The molecule has 0 radical (unpaired) electrons. The highest BCUT2D eigenvalue weighted by Crippen LogP contribution is 2.32. The molecule has 1 saturated heterocycles. The zero-order valence-electron chi connectivity index (χ0n) is 15.9. The fourth-order valence-electron chi connectivity index (χ4n) is 3.36. The third-order valence-electron chi connectivity index (χ3n) is 4.80. The number of aromatic nitrogens is 1. The van der Waals surface area contributed by atoms with Crippen molar-refractivity contribution in [3.63, 3.8) is 0 Å². The van der Waals surface area contributed by atoms with Crippen LogP contribution in [-0.4, -0.2) is 27.0 Å². The molecule has 0 unspecified atom stereocenters. The van der Waals surface area contributed by atoms with Crippen LogP contribution < -0.4 is 10.6 Å². The SMILES string of the molecule is CCc1ccc(N[C@@H]2NC(=O)/C(=C/c3cn(CC(=O)O)c4ccccc34)S2)cc1. The Labute approximate surface area is 172 Å². The topological polar surface area (TPSA) is 83.4 Å². The van der Waals surface area contributed by atoms with E-state index in [0.717, 1.165) is 28.6 Å². The molecule has 2 heterocycles. The van der Waals surface area contributed by atoms with Crippen molar-refractivity contribution in [2.75, 3.05) is 5.32 Å². The van der Waals surface area contributed by atoms with Gasteiger partial charge in [0.1, 0.15) is 6.54 Å². The number of aryl methyl sites for hydroxylation is 1. The van der Waals surface area contributed by atoms with Gasteiger partial charge in [-0.1, -0.05) is 49.0 Å². The van der Waals surface area contributed by atoms with Crippen LogP contribution in [0.4, 0.5) is 5.69 Å². The minimum Gasteiger partial charge on any atom is -0.480 e. The van der Waals surface area contributed by atoms with Crippen LogP contribution in [0.1, 0.15) is 18.1 Å². The second-order valence-electron chi connectivity index (χ2n) is 6.80. The molecule has 3 N–H and O–H groups in total. The normalized spacial score (nSPS) is 17.6. The van der Waals surface area contributed by atoms with Crippen LogP contribution >= 0.6 is 11.8 Å². The molecule has 6 nitrogen and oxygen atoms in total. The van der Waals surface area contributed by atoms with Gasteiger partial charge in [-0.05, 0) is 36.3 Å². The van der Waals surface area contributed by atoms with Crippen LogP contribution in [-0.2, 0) is 22.6 Å². The summed E-state index contributed by atoms with van der Waals surface area (Å²) in [6, 6.07) is 15.7. The second kappa shape index (κ2) is 8.05. The van der Waals surface area contributed by atoms with Gasteiger partial charge in [-0.25, -0.2) is 0 Å². The predicted molar refractivity (Wildman–Crippen MR) is 117 cm³/mol. The molecule has 1 amide bonds. The molecule has 4 rings (SSSR count). The smallest absolute Gasteiger partial charge is 0.323 e. The number of nitrogens with one attached hydrogen (secondary N) is 2. The summed E-state index contributed by atoms with van der Waals surface area (Å²) in [6.45, 7) is 1.99. The summed E-state index contributed by atoms with van der Waals surface area (Å²) in [5.74, 6) is -1.05. The highest BCUT2D eigenvalue weighted by molar-refractivity contribution is 8.05. The van der Waals surface area contributed by atoms with Gasteiger partial charge in [0, 0.05) is 28.4 Å². The third-order valence-corrected chi connectivity index (χ3v) is 5.83. The number of aliphatic carboxylic acids is 1. The first-order valence-electron chi connectivity index (χ1n) is 9.38. The van der Waals surface area contributed by atoms with Crippen LogP contribution in [0, 0.1) is 0 Å². The van der Waals surface area contributed by atoms with Crippen molar-refractivity contribution in [2.45, 2.75) is 25.4 Å². The van der Waals surface area contributed by atoms with E-state index in [4.69, 9.17) is 5.11 Å². The molecule has 1 aromatic heterocycles. The molecule has 148 valence electrons. The molecular weight excluding hydrogens is 386 g/mol. The number of para-hydroxylation sites is 1. The fourth-order valence-corrected chi connectivity index (χ4v) is 4.34. The highest BCUT2D eigenvalue weighted by Gasteiger charge is 2.27. The Kier molecular flexibility index (Phi) is 5.31. The van der Waals surface area contributed by atoms with Crippen LogP contribution in [0.25, 0.3) is 17.0 Å². The van der Waals surface area contributed by atoms with E-state index in [1.165, 1.54) is 17.3 Å². The van der Waals surface area contributed by atoms with Gasteiger partial charge in [-0.2, -0.15) is 0 Å². The van der Waals surface area contributed by atoms with Gasteiger partial charge < -0.3 is 20.3 Å². The molecule has 1 fully saturated rings. The Morgan fingerprint density at radius 1 is 1.24 bits per heavy atom. The highest BCUT2D eigenvalue weighted by atomic mass is 32.2. The molecule has 1 aliphatic rings. The number of anilines is 1. The van der Waals surface area contributed by atoms with E-state index in [0.29, 0.717) is 4.91 Å². The zero-order chi connectivity index (χ0) is 20.4. The molecule has 29 heavy (non-hydrogen) atoms. The Bertz CT molecular complexity index is 1100. The minimum atomic E-state index is -0.906. The zero-order valence-corrected chi connectivity index (χ0v) is 16.7. The largest absolute Gasteiger partial charge is 0.480 e. The quantitative estimate of drug-likeness (QED) is 0.540. The lowest BCUT2D eigenvalue weighted by Gasteiger charge is -2.12. The number of carboxylic acid groups (broad SMARTS) is 1. The van der Waals surface area contributed by atoms with Gasteiger partial charge in [-0.15, -0.1) is 0 Å². The summed E-state index contributed by atoms with van der Waals surface area (Å²) in [5, 5.41) is 16.3. The van der Waals surface area contributed by atoms with Crippen LogP contribution in [0.3, 0.4) is 0 Å². The van der Waals surface area contributed by atoms with Crippen molar-refractivity contribution >= 4 is 46.3 Å². The van der Waals surface area contributed by atoms with Gasteiger partial charge >= 0.3 is 5.97 Å². The number of rotatable bonds is 6. The van der Waals surface area contributed by atoms with E-state index < -0.39 is 5.97 Å². The van der Waals surface area contributed by atoms with Crippen molar-refractivity contribution < 1.29 is 14.7 Å². The maximum absolute atomic E-state index is 12.5. The first-order chi connectivity index (χ1) is 14.0. The van der Waals surface area contributed by atoms with E-state index in [-0.39, 0.29) is 17.9 Å². The van der Waals surface area contributed by atoms with Crippen molar-refractivity contribution in [3.8, 4) is 0 Å². The van der Waals surface area contributed by atoms with E-state index in [1.54, 1.807) is 10.8 Å². The number of nitrogens with zero attached hydrogens (tertiary/aromatic N) is 1. The number of fused-ring (bicyclic) bond motifs is 1. The van der Waals surface area contributed by atoms with E-state index in [9.17, 15) is 9.59 Å². The molecule has 3 aromatic rings. The summed E-state index contributed by atoms with van der Waals surface area (Å²) in [7, 11) is 0. The van der Waals surface area contributed by atoms with Crippen molar-refractivity contribution in [2.24, 2.45) is 0 Å². The molecule has 1 atom stereocenters. The number of carbonyl (C=O) groups is 2.